The van der Waals surface area contributed by atoms with E-state index in [2.05, 4.69) is 15.6 Å². The fourth-order valence-corrected chi connectivity index (χ4v) is 2.46. The van der Waals surface area contributed by atoms with Crippen molar-refractivity contribution in [3.8, 4) is 11.3 Å². The zero-order chi connectivity index (χ0) is 16.4. The van der Waals surface area contributed by atoms with Crippen LogP contribution in [0, 0.1) is 6.92 Å². The van der Waals surface area contributed by atoms with Crippen LogP contribution in [0.4, 0.5) is 0 Å². The lowest BCUT2D eigenvalue weighted by molar-refractivity contribution is -0.141. The monoisotopic (exact) mass is 313 g/mol. The highest BCUT2D eigenvalue weighted by Gasteiger charge is 2.40. The van der Waals surface area contributed by atoms with E-state index in [9.17, 15) is 4.79 Å². The van der Waals surface area contributed by atoms with Gasteiger partial charge >= 0.3 is 0 Å². The Bertz CT molecular complexity index is 749. The highest BCUT2D eigenvalue weighted by Crippen LogP contribution is 2.24. The molecule has 2 heterocycles. The van der Waals surface area contributed by atoms with E-state index in [4.69, 9.17) is 9.36 Å². The molecule has 1 amide bonds. The van der Waals surface area contributed by atoms with Gasteiger partial charge in [-0.3, -0.25) is 4.79 Å². The predicted octanol–water partition coefficient (Wildman–Crippen LogP) is 2.82. The normalized spacial score (nSPS) is 20.0. The summed E-state index contributed by atoms with van der Waals surface area (Å²) in [4.78, 5) is 17.5. The van der Waals surface area contributed by atoms with Gasteiger partial charge in [0.25, 0.3) is 5.91 Å². The molecule has 2 aromatic rings. The number of hydrogen-bond donors (Lipinski definition) is 1. The molecule has 1 N–H and O–H groups in total. The number of aromatic nitrogens is 1. The fourth-order valence-electron chi connectivity index (χ4n) is 2.46. The molecule has 0 spiro atoms. The number of rotatable bonds is 4. The summed E-state index contributed by atoms with van der Waals surface area (Å²) in [6, 6.07) is 9.81. The molecule has 0 radical (unpaired) electrons. The summed E-state index contributed by atoms with van der Waals surface area (Å²) < 4.78 is 5.34. The molecule has 1 aliphatic rings. The van der Waals surface area contributed by atoms with Gasteiger partial charge in [0, 0.05) is 18.1 Å². The van der Waals surface area contributed by atoms with Gasteiger partial charge in [-0.25, -0.2) is 0 Å². The summed E-state index contributed by atoms with van der Waals surface area (Å²) in [5, 5.41) is 10.6. The minimum Gasteiger partial charge on any atom is -0.379 e. The zero-order valence-corrected chi connectivity index (χ0v) is 13.4. The Labute approximate surface area is 134 Å². The van der Waals surface area contributed by atoms with Crippen molar-refractivity contribution < 1.29 is 14.2 Å². The average Bonchev–Trinajstić information content (AvgIpc) is 3.13. The first-order chi connectivity index (χ1) is 11.0. The first-order valence-electron chi connectivity index (χ1n) is 7.49. The minimum absolute atomic E-state index is 0.210. The summed E-state index contributed by atoms with van der Waals surface area (Å²) in [5.74, 6) is 0.467. The van der Waals surface area contributed by atoms with E-state index in [1.807, 2.05) is 44.2 Å². The summed E-state index contributed by atoms with van der Waals surface area (Å²) in [7, 11) is 0. The number of hydrogen-bond acceptors (Lipinski definition) is 5. The molecular formula is C17H19N3O3. The van der Waals surface area contributed by atoms with E-state index < -0.39 is 5.60 Å². The predicted molar refractivity (Wildman–Crippen MR) is 85.7 cm³/mol. The van der Waals surface area contributed by atoms with Crippen molar-refractivity contribution in [3.05, 3.63) is 41.6 Å². The first kappa shape index (κ1) is 15.3. The first-order valence-corrected chi connectivity index (χ1v) is 7.49. The van der Waals surface area contributed by atoms with Crippen LogP contribution >= 0.6 is 0 Å². The molecule has 23 heavy (non-hydrogen) atoms. The number of carbonyl (C=O) groups is 1. The van der Waals surface area contributed by atoms with Crippen molar-refractivity contribution in [2.45, 2.75) is 39.3 Å². The van der Waals surface area contributed by atoms with Gasteiger partial charge in [-0.2, -0.15) is 0 Å². The lowest BCUT2D eigenvalue weighted by Gasteiger charge is -2.19. The van der Waals surface area contributed by atoms with Crippen molar-refractivity contribution in [1.29, 1.82) is 0 Å². The molecule has 120 valence electrons. The third-order valence-corrected chi connectivity index (χ3v) is 3.80. The van der Waals surface area contributed by atoms with Crippen LogP contribution in [0.5, 0.6) is 0 Å². The molecule has 0 aliphatic carbocycles. The topological polar surface area (TPSA) is 76.7 Å². The SMILES string of the molecule is CC1=NO[C@](C)(C(=O)NCc2cc(-c3ccc(C)cc3)on2)C1. The van der Waals surface area contributed by atoms with E-state index in [0.29, 0.717) is 17.9 Å². The highest BCUT2D eigenvalue weighted by atomic mass is 16.7. The molecule has 3 rings (SSSR count). The van der Waals surface area contributed by atoms with Crippen molar-refractivity contribution in [1.82, 2.24) is 10.5 Å². The van der Waals surface area contributed by atoms with Crippen LogP contribution in [0.3, 0.4) is 0 Å². The minimum atomic E-state index is -0.937. The van der Waals surface area contributed by atoms with Crippen molar-refractivity contribution >= 4 is 11.6 Å². The Morgan fingerprint density at radius 2 is 2.04 bits per heavy atom. The number of nitrogens with zero attached hydrogens (tertiary/aromatic N) is 2. The van der Waals surface area contributed by atoms with Crippen LogP contribution in [0.1, 0.15) is 31.5 Å². The molecule has 0 unspecified atom stereocenters. The lowest BCUT2D eigenvalue weighted by atomic mass is 9.99. The molecular weight excluding hydrogens is 294 g/mol. The second-order valence-corrected chi connectivity index (χ2v) is 6.06. The van der Waals surface area contributed by atoms with Gasteiger partial charge in [0.15, 0.2) is 5.76 Å². The van der Waals surface area contributed by atoms with Crippen molar-refractivity contribution in [3.63, 3.8) is 0 Å². The molecule has 0 saturated heterocycles. The summed E-state index contributed by atoms with van der Waals surface area (Å²) in [6.45, 7) is 5.88. The van der Waals surface area contributed by atoms with Gasteiger partial charge in [0.2, 0.25) is 5.60 Å². The summed E-state index contributed by atoms with van der Waals surface area (Å²) in [6.07, 6.45) is 0.492. The smallest absolute Gasteiger partial charge is 0.267 e. The van der Waals surface area contributed by atoms with Gasteiger partial charge in [-0.1, -0.05) is 40.1 Å². The van der Waals surface area contributed by atoms with Crippen LogP contribution in [0.2, 0.25) is 0 Å². The number of amides is 1. The van der Waals surface area contributed by atoms with E-state index in [1.165, 1.54) is 5.56 Å². The third kappa shape index (κ3) is 3.26. The number of carbonyl (C=O) groups excluding carboxylic acids is 1. The largest absolute Gasteiger partial charge is 0.379 e. The van der Waals surface area contributed by atoms with Gasteiger partial charge in [0.05, 0.1) is 12.3 Å². The molecule has 1 atom stereocenters. The molecule has 6 nitrogen and oxygen atoms in total. The standard InChI is InChI=1S/C17H19N3O3/c1-11-4-6-13(7-5-11)15-8-14(20-22-15)10-18-16(21)17(3)9-12(2)19-23-17/h4-8H,9-10H2,1-3H3,(H,18,21)/t17-/m0/s1. The number of aryl methyl sites for hydroxylation is 1. The van der Waals surface area contributed by atoms with Crippen LogP contribution in [0.15, 0.2) is 40.0 Å². The summed E-state index contributed by atoms with van der Waals surface area (Å²) in [5.41, 5.74) is 2.67. The van der Waals surface area contributed by atoms with E-state index in [0.717, 1.165) is 11.3 Å². The van der Waals surface area contributed by atoms with E-state index in [-0.39, 0.29) is 12.5 Å². The highest BCUT2D eigenvalue weighted by molar-refractivity contribution is 5.94. The van der Waals surface area contributed by atoms with Crippen LogP contribution < -0.4 is 5.32 Å². The Hall–Kier alpha value is -2.63. The second-order valence-electron chi connectivity index (χ2n) is 6.06. The lowest BCUT2D eigenvalue weighted by Crippen LogP contribution is -2.44. The Morgan fingerprint density at radius 3 is 2.70 bits per heavy atom. The van der Waals surface area contributed by atoms with Gasteiger partial charge in [-0.05, 0) is 20.8 Å². The van der Waals surface area contributed by atoms with Gasteiger partial charge in [0.1, 0.15) is 5.69 Å². The molecule has 0 bridgehead atoms. The average molecular weight is 313 g/mol. The van der Waals surface area contributed by atoms with Crippen molar-refractivity contribution in [2.75, 3.05) is 0 Å². The van der Waals surface area contributed by atoms with Crippen molar-refractivity contribution in [2.24, 2.45) is 5.16 Å². The molecule has 0 fully saturated rings. The Morgan fingerprint density at radius 1 is 1.30 bits per heavy atom. The number of benzene rings is 1. The number of nitrogens with one attached hydrogen (secondary N) is 1. The van der Waals surface area contributed by atoms with E-state index >= 15 is 0 Å². The molecule has 1 aromatic heterocycles. The van der Waals surface area contributed by atoms with E-state index in [1.54, 1.807) is 6.92 Å². The van der Waals surface area contributed by atoms with Gasteiger partial charge < -0.3 is 14.7 Å². The fraction of sp³-hybridized carbons (Fsp3) is 0.353. The van der Waals surface area contributed by atoms with Crippen LogP contribution in [0.25, 0.3) is 11.3 Å². The van der Waals surface area contributed by atoms with Crippen LogP contribution in [-0.4, -0.2) is 22.4 Å². The summed E-state index contributed by atoms with van der Waals surface area (Å²) >= 11 is 0. The molecule has 1 aromatic carbocycles. The quantitative estimate of drug-likeness (QED) is 0.941. The van der Waals surface area contributed by atoms with Crippen LogP contribution in [-0.2, 0) is 16.2 Å². The maximum Gasteiger partial charge on any atom is 0.267 e. The second kappa shape index (κ2) is 5.87. The molecule has 0 saturated carbocycles. The maximum atomic E-state index is 12.2. The Balaban J connectivity index is 1.61. The maximum absolute atomic E-state index is 12.2. The third-order valence-electron chi connectivity index (χ3n) is 3.80. The molecule has 1 aliphatic heterocycles. The number of oxime groups is 1. The molecule has 6 heteroatoms. The zero-order valence-electron chi connectivity index (χ0n) is 13.4. The van der Waals surface area contributed by atoms with Gasteiger partial charge in [-0.15, -0.1) is 0 Å². The Kier molecular flexibility index (Phi) is 3.90.